The molecule has 0 saturated heterocycles. The Balaban J connectivity index is 2.95. The van der Waals surface area contributed by atoms with E-state index in [0.717, 1.165) is 0 Å². The third-order valence-corrected chi connectivity index (χ3v) is 4.50. The van der Waals surface area contributed by atoms with Crippen molar-refractivity contribution in [1.29, 1.82) is 0 Å². The summed E-state index contributed by atoms with van der Waals surface area (Å²) in [6.07, 6.45) is 0. The Hall–Kier alpha value is -1.61. The topological polar surface area (TPSA) is 133 Å². The number of rotatable bonds is 5. The van der Waals surface area contributed by atoms with Crippen molar-refractivity contribution in [2.75, 3.05) is 6.54 Å². The van der Waals surface area contributed by atoms with Gasteiger partial charge >= 0.3 is 0 Å². The van der Waals surface area contributed by atoms with E-state index < -0.39 is 15.4 Å². The Morgan fingerprint density at radius 2 is 2.11 bits per heavy atom. The zero-order valence-corrected chi connectivity index (χ0v) is 12.2. The maximum Gasteiger partial charge on any atom is 0.244 e. The van der Waals surface area contributed by atoms with Crippen LogP contribution >= 0.6 is 0 Å². The predicted octanol–water partition coefficient (Wildman–Crippen LogP) is 0.0774. The summed E-state index contributed by atoms with van der Waals surface area (Å²) >= 11 is 0. The van der Waals surface area contributed by atoms with Crippen LogP contribution in [0.15, 0.2) is 10.1 Å². The van der Waals surface area contributed by atoms with Gasteiger partial charge in [-0.25, -0.2) is 13.1 Å². The maximum absolute atomic E-state index is 12.2. The molecular weight excluding hydrogens is 270 g/mol. The number of nitrogens with two attached hydrogens (primary N) is 1. The van der Waals surface area contributed by atoms with E-state index in [9.17, 15) is 8.42 Å². The Morgan fingerprint density at radius 1 is 1.53 bits per heavy atom. The molecule has 1 aromatic rings. The molecule has 0 fully saturated rings. The quantitative estimate of drug-likeness (QED) is 0.263. The van der Waals surface area contributed by atoms with Crippen molar-refractivity contribution in [3.05, 3.63) is 11.4 Å². The molecule has 8 nitrogen and oxygen atoms in total. The van der Waals surface area contributed by atoms with Gasteiger partial charge in [0.05, 0.1) is 11.4 Å². The fraction of sp³-hybridized carbons (Fsp3) is 0.600. The third-order valence-electron chi connectivity index (χ3n) is 2.83. The average Bonchev–Trinajstić information content (AvgIpc) is 2.66. The van der Waals surface area contributed by atoms with Gasteiger partial charge in [-0.2, -0.15) is 5.10 Å². The summed E-state index contributed by atoms with van der Waals surface area (Å²) < 4.78 is 26.8. The van der Waals surface area contributed by atoms with Gasteiger partial charge in [-0.1, -0.05) is 19.0 Å². The number of nitrogens with zero attached hydrogens (tertiary/aromatic N) is 2. The van der Waals surface area contributed by atoms with Crippen LogP contribution in [0.2, 0.25) is 0 Å². The van der Waals surface area contributed by atoms with Crippen molar-refractivity contribution in [2.45, 2.75) is 32.6 Å². The highest BCUT2D eigenvalue weighted by Crippen LogP contribution is 2.19. The highest BCUT2D eigenvalue weighted by atomic mass is 32.2. The molecule has 1 heterocycles. The number of H-pyrrole nitrogens is 1. The molecule has 0 radical (unpaired) electrons. The van der Waals surface area contributed by atoms with E-state index in [-0.39, 0.29) is 17.3 Å². The van der Waals surface area contributed by atoms with Gasteiger partial charge < -0.3 is 10.9 Å². The van der Waals surface area contributed by atoms with Crippen molar-refractivity contribution < 1.29 is 13.6 Å². The molecule has 0 unspecified atom stereocenters. The Kier molecular flexibility index (Phi) is 4.21. The molecule has 108 valence electrons. The first-order valence-corrected chi connectivity index (χ1v) is 7.09. The summed E-state index contributed by atoms with van der Waals surface area (Å²) in [6, 6.07) is 0. The van der Waals surface area contributed by atoms with Crippen molar-refractivity contribution in [2.24, 2.45) is 16.3 Å². The van der Waals surface area contributed by atoms with Crippen LogP contribution in [0.1, 0.15) is 25.2 Å². The second-order valence-electron chi connectivity index (χ2n) is 4.96. The highest BCUT2D eigenvalue weighted by molar-refractivity contribution is 7.89. The SMILES string of the molecule is Cc1n[nH]c(C)c1S(=O)(=O)NCC(C)(C)C(N)=NO. The van der Waals surface area contributed by atoms with Crippen LogP contribution < -0.4 is 10.5 Å². The van der Waals surface area contributed by atoms with Crippen LogP contribution in [-0.2, 0) is 10.0 Å². The normalized spacial score (nSPS) is 13.8. The van der Waals surface area contributed by atoms with E-state index in [4.69, 9.17) is 10.9 Å². The van der Waals surface area contributed by atoms with Crippen LogP contribution in [0.4, 0.5) is 0 Å². The summed E-state index contributed by atoms with van der Waals surface area (Å²) in [6.45, 7) is 6.57. The van der Waals surface area contributed by atoms with Gasteiger partial charge in [-0.15, -0.1) is 0 Å². The molecule has 0 aromatic carbocycles. The average molecular weight is 289 g/mol. The van der Waals surface area contributed by atoms with Crippen LogP contribution in [0, 0.1) is 19.3 Å². The van der Waals surface area contributed by atoms with Crippen molar-refractivity contribution in [1.82, 2.24) is 14.9 Å². The van der Waals surface area contributed by atoms with Gasteiger partial charge in [0.2, 0.25) is 10.0 Å². The van der Waals surface area contributed by atoms with Gasteiger partial charge in [0, 0.05) is 12.0 Å². The van der Waals surface area contributed by atoms with Gasteiger partial charge in [0.1, 0.15) is 10.7 Å². The lowest BCUT2D eigenvalue weighted by atomic mass is 9.93. The molecule has 0 aliphatic rings. The molecule has 5 N–H and O–H groups in total. The number of nitrogens with one attached hydrogen (secondary N) is 2. The smallest absolute Gasteiger partial charge is 0.244 e. The van der Waals surface area contributed by atoms with E-state index >= 15 is 0 Å². The van der Waals surface area contributed by atoms with Gasteiger partial charge in [-0.3, -0.25) is 5.10 Å². The number of aromatic amines is 1. The van der Waals surface area contributed by atoms with Crippen molar-refractivity contribution in [3.8, 4) is 0 Å². The number of hydrogen-bond donors (Lipinski definition) is 4. The lowest BCUT2D eigenvalue weighted by molar-refractivity contribution is 0.307. The molecule has 19 heavy (non-hydrogen) atoms. The summed E-state index contributed by atoms with van der Waals surface area (Å²) in [5.74, 6) is -0.0455. The Bertz CT molecular complexity index is 569. The molecule has 1 aromatic heterocycles. The van der Waals surface area contributed by atoms with E-state index in [2.05, 4.69) is 20.1 Å². The minimum Gasteiger partial charge on any atom is -0.409 e. The van der Waals surface area contributed by atoms with E-state index in [1.54, 1.807) is 27.7 Å². The molecule has 1 rings (SSSR count). The largest absolute Gasteiger partial charge is 0.409 e. The standard InChI is InChI=1S/C10H19N5O3S/c1-6-8(7(2)14-13-6)19(17,18)12-5-10(3,4)9(11)15-16/h12,16H,5H2,1-4H3,(H2,11,15)(H,13,14). The number of aromatic nitrogens is 2. The maximum atomic E-state index is 12.2. The Labute approximate surface area is 112 Å². The predicted molar refractivity (Wildman–Crippen MR) is 70.4 cm³/mol. The second kappa shape index (κ2) is 5.17. The number of sulfonamides is 1. The molecule has 0 bridgehead atoms. The highest BCUT2D eigenvalue weighted by Gasteiger charge is 2.28. The molecule has 9 heteroatoms. The van der Waals surface area contributed by atoms with Crippen LogP contribution in [0.5, 0.6) is 0 Å². The number of hydrogen-bond acceptors (Lipinski definition) is 5. The molecule has 0 amide bonds. The number of oxime groups is 1. The summed E-state index contributed by atoms with van der Waals surface area (Å²) in [5.41, 5.74) is 5.57. The zero-order valence-electron chi connectivity index (χ0n) is 11.4. The Morgan fingerprint density at radius 3 is 2.53 bits per heavy atom. The summed E-state index contributed by atoms with van der Waals surface area (Å²) in [4.78, 5) is 0.128. The molecule has 0 spiro atoms. The third kappa shape index (κ3) is 3.24. The minimum absolute atomic E-state index is 0.00921. The van der Waals surface area contributed by atoms with E-state index in [1.807, 2.05) is 0 Å². The first kappa shape index (κ1) is 15.4. The summed E-state index contributed by atoms with van der Waals surface area (Å²) in [5, 5.41) is 18.0. The zero-order chi connectivity index (χ0) is 14.8. The second-order valence-corrected chi connectivity index (χ2v) is 6.66. The van der Waals surface area contributed by atoms with Crippen molar-refractivity contribution >= 4 is 15.9 Å². The summed E-state index contributed by atoms with van der Waals surface area (Å²) in [7, 11) is -3.69. The monoisotopic (exact) mass is 289 g/mol. The van der Waals surface area contributed by atoms with Crippen LogP contribution in [0.25, 0.3) is 0 Å². The molecule has 0 atom stereocenters. The van der Waals surface area contributed by atoms with E-state index in [0.29, 0.717) is 11.4 Å². The van der Waals surface area contributed by atoms with Crippen molar-refractivity contribution in [3.63, 3.8) is 0 Å². The number of amidine groups is 1. The van der Waals surface area contributed by atoms with Crippen LogP contribution in [0.3, 0.4) is 0 Å². The minimum atomic E-state index is -3.69. The molecule has 0 aliphatic heterocycles. The fourth-order valence-electron chi connectivity index (χ4n) is 1.51. The van der Waals surface area contributed by atoms with Gasteiger partial charge in [0.25, 0.3) is 0 Å². The van der Waals surface area contributed by atoms with Gasteiger partial charge in [-0.05, 0) is 13.8 Å². The van der Waals surface area contributed by atoms with Crippen LogP contribution in [-0.4, -0.2) is 36.2 Å². The first-order chi connectivity index (χ1) is 8.62. The number of aryl methyl sites for hydroxylation is 2. The van der Waals surface area contributed by atoms with Gasteiger partial charge in [0.15, 0.2) is 0 Å². The molecular formula is C10H19N5O3S. The van der Waals surface area contributed by atoms with E-state index in [1.165, 1.54) is 0 Å². The fourth-order valence-corrected chi connectivity index (χ4v) is 3.09. The lowest BCUT2D eigenvalue weighted by Gasteiger charge is -2.23. The molecule has 0 aliphatic carbocycles. The lowest BCUT2D eigenvalue weighted by Crippen LogP contribution is -2.42. The first-order valence-electron chi connectivity index (χ1n) is 5.61. The molecule has 0 saturated carbocycles.